The molecule has 0 spiro atoms. The third kappa shape index (κ3) is 2.86. The van der Waals surface area contributed by atoms with Crippen LogP contribution in [0.1, 0.15) is 42.3 Å². The van der Waals surface area contributed by atoms with Gasteiger partial charge in [0.2, 0.25) is 0 Å². The quantitative estimate of drug-likeness (QED) is 0.785. The predicted octanol–water partition coefficient (Wildman–Crippen LogP) is 4.39. The average Bonchev–Trinajstić information content (AvgIpc) is 2.99. The van der Waals surface area contributed by atoms with E-state index in [0.717, 1.165) is 40.5 Å². The maximum Gasteiger partial charge on any atom is 0.186 e. The minimum Gasteiger partial charge on any atom is -0.345 e. The Hall–Kier alpha value is -1.68. The zero-order chi connectivity index (χ0) is 14.7. The van der Waals surface area contributed by atoms with Crippen LogP contribution in [-0.2, 0) is 0 Å². The number of rotatable bonds is 4. The van der Waals surface area contributed by atoms with Gasteiger partial charge in [-0.25, -0.2) is 4.98 Å². The summed E-state index contributed by atoms with van der Waals surface area (Å²) >= 11 is 1.53. The second kappa shape index (κ2) is 6.39. The molecule has 0 aliphatic carbocycles. The maximum atomic E-state index is 11.4. The summed E-state index contributed by atoms with van der Waals surface area (Å²) in [5, 5.41) is 1.00. The third-order valence-electron chi connectivity index (χ3n) is 4.14. The zero-order valence-corrected chi connectivity index (χ0v) is 13.1. The molecule has 2 aromatic rings. The topological polar surface area (TPSA) is 33.2 Å². The molecule has 1 fully saturated rings. The molecule has 4 heteroatoms. The Labute approximate surface area is 129 Å². The standard InChI is InChI=1S/C17H20N2OS/c1-2-14-10-6-7-11-19(14)17-18-16(15(12-20)21-17)13-8-4-3-5-9-13/h3-5,8-9,12,14H,2,6-7,10-11H2,1H3. The van der Waals surface area contributed by atoms with Crippen LogP contribution in [0.25, 0.3) is 11.3 Å². The fraction of sp³-hybridized carbons (Fsp3) is 0.412. The number of aldehydes is 1. The number of hydrogen-bond acceptors (Lipinski definition) is 4. The second-order valence-electron chi connectivity index (χ2n) is 5.44. The van der Waals surface area contributed by atoms with Crippen molar-refractivity contribution in [1.82, 2.24) is 4.98 Å². The summed E-state index contributed by atoms with van der Waals surface area (Å²) < 4.78 is 0. The van der Waals surface area contributed by atoms with E-state index in [0.29, 0.717) is 6.04 Å². The highest BCUT2D eigenvalue weighted by molar-refractivity contribution is 7.17. The first-order chi connectivity index (χ1) is 10.3. The van der Waals surface area contributed by atoms with Crippen LogP contribution in [0.15, 0.2) is 30.3 Å². The summed E-state index contributed by atoms with van der Waals surface area (Å²) in [5.74, 6) is 0. The molecule has 1 aromatic carbocycles. The van der Waals surface area contributed by atoms with E-state index in [4.69, 9.17) is 4.98 Å². The molecular formula is C17H20N2OS. The van der Waals surface area contributed by atoms with Gasteiger partial charge < -0.3 is 4.90 Å². The van der Waals surface area contributed by atoms with Crippen molar-refractivity contribution in [3.63, 3.8) is 0 Å². The van der Waals surface area contributed by atoms with Gasteiger partial charge in [0.15, 0.2) is 11.4 Å². The number of anilines is 1. The van der Waals surface area contributed by atoms with Crippen molar-refractivity contribution in [1.29, 1.82) is 0 Å². The largest absolute Gasteiger partial charge is 0.345 e. The summed E-state index contributed by atoms with van der Waals surface area (Å²) in [5.41, 5.74) is 1.85. The van der Waals surface area contributed by atoms with Crippen molar-refractivity contribution in [2.24, 2.45) is 0 Å². The normalized spacial score (nSPS) is 18.7. The molecule has 0 bridgehead atoms. The number of thiazole rings is 1. The molecule has 1 atom stereocenters. The lowest BCUT2D eigenvalue weighted by Gasteiger charge is -2.35. The van der Waals surface area contributed by atoms with Gasteiger partial charge in [-0.05, 0) is 25.7 Å². The first-order valence-corrected chi connectivity index (χ1v) is 8.43. The van der Waals surface area contributed by atoms with Crippen LogP contribution in [0.4, 0.5) is 5.13 Å². The Balaban J connectivity index is 1.97. The van der Waals surface area contributed by atoms with Gasteiger partial charge in [0.25, 0.3) is 0 Å². The lowest BCUT2D eigenvalue weighted by molar-refractivity contribution is 0.112. The van der Waals surface area contributed by atoms with E-state index in [-0.39, 0.29) is 0 Å². The van der Waals surface area contributed by atoms with Crippen molar-refractivity contribution in [3.05, 3.63) is 35.2 Å². The number of piperidine rings is 1. The molecule has 0 N–H and O–H groups in total. The summed E-state index contributed by atoms with van der Waals surface area (Å²) in [7, 11) is 0. The lowest BCUT2D eigenvalue weighted by atomic mass is 10.0. The van der Waals surface area contributed by atoms with E-state index in [1.807, 2.05) is 30.3 Å². The SMILES string of the molecule is CCC1CCCCN1c1nc(-c2ccccc2)c(C=O)s1. The van der Waals surface area contributed by atoms with Crippen LogP contribution in [0.2, 0.25) is 0 Å². The summed E-state index contributed by atoms with van der Waals surface area (Å²) in [6, 6.07) is 10.5. The van der Waals surface area contributed by atoms with E-state index in [1.54, 1.807) is 0 Å². The van der Waals surface area contributed by atoms with Crippen molar-refractivity contribution in [2.75, 3.05) is 11.4 Å². The second-order valence-corrected chi connectivity index (χ2v) is 6.45. The number of hydrogen-bond donors (Lipinski definition) is 0. The average molecular weight is 300 g/mol. The molecule has 21 heavy (non-hydrogen) atoms. The maximum absolute atomic E-state index is 11.4. The molecule has 1 aliphatic rings. The van der Waals surface area contributed by atoms with Gasteiger partial charge in [-0.15, -0.1) is 0 Å². The van der Waals surface area contributed by atoms with Crippen LogP contribution in [0.5, 0.6) is 0 Å². The smallest absolute Gasteiger partial charge is 0.186 e. The highest BCUT2D eigenvalue weighted by Gasteiger charge is 2.25. The van der Waals surface area contributed by atoms with Gasteiger partial charge in [-0.1, -0.05) is 48.6 Å². The Kier molecular flexibility index (Phi) is 4.34. The van der Waals surface area contributed by atoms with E-state index in [2.05, 4.69) is 11.8 Å². The van der Waals surface area contributed by atoms with Gasteiger partial charge in [-0.3, -0.25) is 4.79 Å². The fourth-order valence-electron chi connectivity index (χ4n) is 3.00. The third-order valence-corrected chi connectivity index (χ3v) is 5.16. The Morgan fingerprint density at radius 1 is 1.33 bits per heavy atom. The first kappa shape index (κ1) is 14.3. The highest BCUT2D eigenvalue weighted by Crippen LogP contribution is 2.35. The van der Waals surface area contributed by atoms with Gasteiger partial charge in [-0.2, -0.15) is 0 Å². The van der Waals surface area contributed by atoms with Crippen molar-refractivity contribution in [3.8, 4) is 11.3 Å². The molecule has 0 saturated carbocycles. The predicted molar refractivity (Wildman–Crippen MR) is 88.2 cm³/mol. The number of benzene rings is 1. The van der Waals surface area contributed by atoms with Crippen LogP contribution in [-0.4, -0.2) is 23.9 Å². The first-order valence-electron chi connectivity index (χ1n) is 7.61. The number of aromatic nitrogens is 1. The van der Waals surface area contributed by atoms with Gasteiger partial charge >= 0.3 is 0 Å². The number of carbonyl (C=O) groups excluding carboxylic acids is 1. The number of carbonyl (C=O) groups is 1. The molecule has 2 heterocycles. The van der Waals surface area contributed by atoms with Crippen molar-refractivity contribution < 1.29 is 4.79 Å². The zero-order valence-electron chi connectivity index (χ0n) is 12.3. The van der Waals surface area contributed by atoms with Gasteiger partial charge in [0.05, 0.1) is 10.6 Å². The van der Waals surface area contributed by atoms with E-state index in [9.17, 15) is 4.79 Å². The summed E-state index contributed by atoms with van der Waals surface area (Å²) in [6.07, 6.45) is 5.82. The van der Waals surface area contributed by atoms with E-state index < -0.39 is 0 Å². The molecule has 1 unspecified atom stereocenters. The Morgan fingerprint density at radius 3 is 2.86 bits per heavy atom. The molecule has 3 rings (SSSR count). The Morgan fingerprint density at radius 2 is 2.14 bits per heavy atom. The molecule has 0 amide bonds. The van der Waals surface area contributed by atoms with Crippen molar-refractivity contribution in [2.45, 2.75) is 38.6 Å². The molecule has 1 saturated heterocycles. The Bertz CT molecular complexity index is 609. The van der Waals surface area contributed by atoms with E-state index in [1.165, 1.54) is 30.6 Å². The van der Waals surface area contributed by atoms with Crippen LogP contribution in [0.3, 0.4) is 0 Å². The molecule has 1 aromatic heterocycles. The minimum absolute atomic E-state index is 0.563. The molecule has 1 aliphatic heterocycles. The monoisotopic (exact) mass is 300 g/mol. The van der Waals surface area contributed by atoms with Gasteiger partial charge in [0, 0.05) is 18.2 Å². The van der Waals surface area contributed by atoms with Gasteiger partial charge in [0.1, 0.15) is 0 Å². The van der Waals surface area contributed by atoms with E-state index >= 15 is 0 Å². The summed E-state index contributed by atoms with van der Waals surface area (Å²) in [6.45, 7) is 3.29. The van der Waals surface area contributed by atoms with Crippen LogP contribution in [0, 0.1) is 0 Å². The van der Waals surface area contributed by atoms with Crippen molar-refractivity contribution >= 4 is 22.8 Å². The lowest BCUT2D eigenvalue weighted by Crippen LogP contribution is -2.39. The number of nitrogens with zero attached hydrogens (tertiary/aromatic N) is 2. The molecule has 110 valence electrons. The fourth-order valence-corrected chi connectivity index (χ4v) is 4.00. The molecule has 0 radical (unpaired) electrons. The van der Waals surface area contributed by atoms with Crippen LogP contribution >= 0.6 is 11.3 Å². The van der Waals surface area contributed by atoms with Crippen LogP contribution < -0.4 is 4.90 Å². The minimum atomic E-state index is 0.563. The molecule has 3 nitrogen and oxygen atoms in total. The summed E-state index contributed by atoms with van der Waals surface area (Å²) in [4.78, 5) is 19.3. The molecular weight excluding hydrogens is 280 g/mol. The highest BCUT2D eigenvalue weighted by atomic mass is 32.1.